The molecule has 0 rings (SSSR count). The van der Waals surface area contributed by atoms with E-state index in [0.29, 0.717) is 0 Å². The SMILES string of the molecule is COC(CCC(OC)OC)OC.COC(OC)(OC)OC. The first-order chi connectivity index (χ1) is 10.0. The summed E-state index contributed by atoms with van der Waals surface area (Å²) in [5.74, 6) is 0. The molecule has 0 fully saturated rings. The second-order valence-electron chi connectivity index (χ2n) is 3.70. The molecule has 0 aromatic carbocycles. The highest BCUT2D eigenvalue weighted by molar-refractivity contribution is 4.48. The van der Waals surface area contributed by atoms with Gasteiger partial charge in [-0.2, -0.15) is 0 Å². The van der Waals surface area contributed by atoms with Gasteiger partial charge in [0.1, 0.15) is 0 Å². The third-order valence-corrected chi connectivity index (χ3v) is 2.69. The topological polar surface area (TPSA) is 73.8 Å². The minimum atomic E-state index is -1.33. The molecule has 0 spiro atoms. The number of rotatable bonds is 11. The quantitative estimate of drug-likeness (QED) is 0.527. The molecular weight excluding hydrogens is 284 g/mol. The van der Waals surface area contributed by atoms with Crippen LogP contribution >= 0.6 is 0 Å². The van der Waals surface area contributed by atoms with Gasteiger partial charge in [-0.1, -0.05) is 0 Å². The average Bonchev–Trinajstić information content (AvgIpc) is 2.55. The van der Waals surface area contributed by atoms with Crippen molar-refractivity contribution in [3.05, 3.63) is 0 Å². The molecule has 8 heteroatoms. The Morgan fingerprint density at radius 3 is 0.857 bits per heavy atom. The van der Waals surface area contributed by atoms with Crippen molar-refractivity contribution in [3.8, 4) is 0 Å². The van der Waals surface area contributed by atoms with Gasteiger partial charge >= 0.3 is 6.16 Å². The van der Waals surface area contributed by atoms with Crippen LogP contribution in [0.2, 0.25) is 0 Å². The Kier molecular flexibility index (Phi) is 16.0. The molecule has 0 aliphatic rings. The summed E-state index contributed by atoms with van der Waals surface area (Å²) in [5, 5.41) is 0. The van der Waals surface area contributed by atoms with E-state index < -0.39 is 6.16 Å². The largest absolute Gasteiger partial charge is 0.411 e. The molecule has 0 saturated carbocycles. The first kappa shape index (κ1) is 23.0. The van der Waals surface area contributed by atoms with Crippen molar-refractivity contribution in [2.75, 3.05) is 56.9 Å². The van der Waals surface area contributed by atoms with Gasteiger partial charge < -0.3 is 37.9 Å². The molecule has 0 aliphatic heterocycles. The smallest absolute Gasteiger partial charge is 0.356 e. The molecule has 0 N–H and O–H groups in total. The summed E-state index contributed by atoms with van der Waals surface area (Å²) < 4.78 is 38.9. The molecule has 0 atom stereocenters. The molecule has 0 amide bonds. The lowest BCUT2D eigenvalue weighted by Gasteiger charge is -2.25. The fraction of sp³-hybridized carbons (Fsp3) is 1.00. The molecule has 8 nitrogen and oxygen atoms in total. The Balaban J connectivity index is 0. The van der Waals surface area contributed by atoms with Crippen LogP contribution in [-0.4, -0.2) is 75.6 Å². The van der Waals surface area contributed by atoms with Crippen molar-refractivity contribution in [1.29, 1.82) is 0 Å². The molecule has 0 saturated heterocycles. The van der Waals surface area contributed by atoms with Gasteiger partial charge in [-0.15, -0.1) is 0 Å². The maximum atomic E-state index is 5.01. The van der Waals surface area contributed by atoms with E-state index in [2.05, 4.69) is 0 Å². The summed E-state index contributed by atoms with van der Waals surface area (Å²) in [6.45, 7) is 0. The number of methoxy groups -OCH3 is 8. The van der Waals surface area contributed by atoms with Crippen LogP contribution in [0.5, 0.6) is 0 Å². The normalized spacial score (nSPS) is 11.7. The lowest BCUT2D eigenvalue weighted by Crippen LogP contribution is -2.37. The zero-order chi connectivity index (χ0) is 16.7. The molecule has 0 bridgehead atoms. The third-order valence-electron chi connectivity index (χ3n) is 2.69. The summed E-state index contributed by atoms with van der Waals surface area (Å²) in [5.41, 5.74) is 0. The number of hydrogen-bond donors (Lipinski definition) is 0. The Morgan fingerprint density at radius 2 is 0.762 bits per heavy atom. The second kappa shape index (κ2) is 14.6. The summed E-state index contributed by atoms with van der Waals surface area (Å²) >= 11 is 0. The van der Waals surface area contributed by atoms with Crippen molar-refractivity contribution >= 4 is 0 Å². The Labute approximate surface area is 127 Å². The Hall–Kier alpha value is -0.320. The molecule has 0 unspecified atom stereocenters. The summed E-state index contributed by atoms with van der Waals surface area (Å²) in [7, 11) is 12.2. The van der Waals surface area contributed by atoms with Gasteiger partial charge in [-0.05, 0) is 0 Å². The summed E-state index contributed by atoms with van der Waals surface area (Å²) in [6.07, 6.45) is -0.144. The van der Waals surface area contributed by atoms with Gasteiger partial charge in [-0.25, -0.2) is 0 Å². The predicted octanol–water partition coefficient (Wildman–Crippen LogP) is 1.19. The van der Waals surface area contributed by atoms with E-state index in [1.165, 1.54) is 28.4 Å². The van der Waals surface area contributed by atoms with Crippen LogP contribution in [0.3, 0.4) is 0 Å². The highest BCUT2D eigenvalue weighted by Gasteiger charge is 2.28. The maximum absolute atomic E-state index is 5.01. The molecule has 0 aromatic heterocycles. The highest BCUT2D eigenvalue weighted by Crippen LogP contribution is 2.11. The zero-order valence-corrected chi connectivity index (χ0v) is 14.3. The first-order valence-electron chi connectivity index (χ1n) is 6.34. The van der Waals surface area contributed by atoms with Gasteiger partial charge in [0.25, 0.3) is 0 Å². The van der Waals surface area contributed by atoms with E-state index in [1.807, 2.05) is 0 Å². The highest BCUT2D eigenvalue weighted by atomic mass is 17.0. The summed E-state index contributed by atoms with van der Waals surface area (Å²) in [6, 6.07) is 0. The zero-order valence-electron chi connectivity index (χ0n) is 14.3. The Morgan fingerprint density at radius 1 is 0.524 bits per heavy atom. The molecule has 0 aromatic rings. The lowest BCUT2D eigenvalue weighted by molar-refractivity contribution is -0.472. The van der Waals surface area contributed by atoms with Crippen molar-refractivity contribution in [2.45, 2.75) is 31.6 Å². The van der Waals surface area contributed by atoms with Gasteiger partial charge in [0.15, 0.2) is 12.6 Å². The van der Waals surface area contributed by atoms with Crippen LogP contribution in [0.1, 0.15) is 12.8 Å². The third kappa shape index (κ3) is 10.1. The van der Waals surface area contributed by atoms with Crippen molar-refractivity contribution in [1.82, 2.24) is 0 Å². The second-order valence-corrected chi connectivity index (χ2v) is 3.70. The predicted molar refractivity (Wildman–Crippen MR) is 75.6 cm³/mol. The Bertz CT molecular complexity index is 173. The van der Waals surface area contributed by atoms with Crippen molar-refractivity contribution in [2.24, 2.45) is 0 Å². The van der Waals surface area contributed by atoms with Gasteiger partial charge in [0.2, 0.25) is 0 Å². The molecule has 0 radical (unpaired) electrons. The lowest BCUT2D eigenvalue weighted by atomic mass is 10.3. The molecule has 0 aliphatic carbocycles. The van der Waals surface area contributed by atoms with Crippen LogP contribution in [0.4, 0.5) is 0 Å². The standard InChI is InChI=1S/C8H18O4.C5H12O4/c1-9-7(10-2)5-6-8(11-3)12-4;1-6-5(7-2,8-3)9-4/h7-8H,5-6H2,1-4H3;1-4H3. The fourth-order valence-electron chi connectivity index (χ4n) is 1.44. The fourth-order valence-corrected chi connectivity index (χ4v) is 1.44. The van der Waals surface area contributed by atoms with E-state index >= 15 is 0 Å². The van der Waals surface area contributed by atoms with Crippen molar-refractivity contribution < 1.29 is 37.9 Å². The van der Waals surface area contributed by atoms with E-state index in [-0.39, 0.29) is 12.6 Å². The monoisotopic (exact) mass is 314 g/mol. The molecule has 130 valence electrons. The minimum Gasteiger partial charge on any atom is -0.356 e. The van der Waals surface area contributed by atoms with E-state index in [9.17, 15) is 0 Å². The molecular formula is C13H30O8. The van der Waals surface area contributed by atoms with E-state index in [1.54, 1.807) is 28.4 Å². The van der Waals surface area contributed by atoms with Gasteiger partial charge in [-0.3, -0.25) is 0 Å². The van der Waals surface area contributed by atoms with Crippen LogP contribution in [0.15, 0.2) is 0 Å². The number of ether oxygens (including phenoxy) is 8. The van der Waals surface area contributed by atoms with E-state index in [4.69, 9.17) is 37.9 Å². The molecule has 0 heterocycles. The van der Waals surface area contributed by atoms with Gasteiger partial charge in [0, 0.05) is 69.7 Å². The van der Waals surface area contributed by atoms with Crippen LogP contribution in [0, 0.1) is 0 Å². The summed E-state index contributed by atoms with van der Waals surface area (Å²) in [4.78, 5) is 0. The van der Waals surface area contributed by atoms with Crippen molar-refractivity contribution in [3.63, 3.8) is 0 Å². The molecule has 21 heavy (non-hydrogen) atoms. The first-order valence-corrected chi connectivity index (χ1v) is 6.34. The van der Waals surface area contributed by atoms with Crippen LogP contribution in [0.25, 0.3) is 0 Å². The average molecular weight is 314 g/mol. The number of hydrogen-bond acceptors (Lipinski definition) is 8. The maximum Gasteiger partial charge on any atom is 0.411 e. The van der Waals surface area contributed by atoms with Crippen LogP contribution in [-0.2, 0) is 37.9 Å². The minimum absolute atomic E-state index is 0.169. The van der Waals surface area contributed by atoms with Gasteiger partial charge in [0.05, 0.1) is 0 Å². The van der Waals surface area contributed by atoms with Crippen LogP contribution < -0.4 is 0 Å². The van der Waals surface area contributed by atoms with E-state index in [0.717, 1.165) is 12.8 Å².